The van der Waals surface area contributed by atoms with E-state index in [2.05, 4.69) is 0 Å². The van der Waals surface area contributed by atoms with Crippen LogP contribution in [0.2, 0.25) is 0 Å². The first kappa shape index (κ1) is 17.0. The van der Waals surface area contributed by atoms with Crippen molar-refractivity contribution in [1.29, 1.82) is 0 Å². The molecule has 0 spiro atoms. The molecule has 21 heavy (non-hydrogen) atoms. The van der Waals surface area contributed by atoms with Gasteiger partial charge in [-0.1, -0.05) is 19.1 Å². The maximum absolute atomic E-state index is 12.0. The summed E-state index contributed by atoms with van der Waals surface area (Å²) in [6, 6.07) is 5.78. The molecule has 1 rings (SSSR count). The van der Waals surface area contributed by atoms with Crippen LogP contribution in [0.25, 0.3) is 0 Å². The molecule has 0 bridgehead atoms. The first-order valence-electron chi connectivity index (χ1n) is 7.14. The molecule has 0 saturated carbocycles. The summed E-state index contributed by atoms with van der Waals surface area (Å²) >= 11 is 0. The smallest absolute Gasteiger partial charge is 0.323 e. The molecular weight excluding hydrogens is 270 g/mol. The van der Waals surface area contributed by atoms with Crippen LogP contribution < -0.4 is 4.74 Å². The van der Waals surface area contributed by atoms with Gasteiger partial charge in [-0.2, -0.15) is 0 Å². The maximum atomic E-state index is 12.0. The van der Waals surface area contributed by atoms with E-state index in [1.54, 1.807) is 0 Å². The van der Waals surface area contributed by atoms with E-state index in [1.807, 2.05) is 39.0 Å². The summed E-state index contributed by atoms with van der Waals surface area (Å²) in [5.74, 6) is -0.417. The number of aliphatic carboxylic acids is 1. The van der Waals surface area contributed by atoms with Gasteiger partial charge in [-0.15, -0.1) is 0 Å². The third kappa shape index (κ3) is 5.45. The summed E-state index contributed by atoms with van der Waals surface area (Å²) < 4.78 is 5.63. The fraction of sp³-hybridized carbons (Fsp3) is 0.500. The van der Waals surface area contributed by atoms with Crippen molar-refractivity contribution in [2.75, 3.05) is 19.7 Å². The van der Waals surface area contributed by atoms with E-state index in [0.29, 0.717) is 6.54 Å². The summed E-state index contributed by atoms with van der Waals surface area (Å²) in [5, 5.41) is 8.80. The normalized spacial score (nSPS) is 10.2. The highest BCUT2D eigenvalue weighted by molar-refractivity contribution is 5.81. The van der Waals surface area contributed by atoms with Gasteiger partial charge >= 0.3 is 5.97 Å². The third-order valence-electron chi connectivity index (χ3n) is 3.30. The molecule has 0 aliphatic rings. The summed E-state index contributed by atoms with van der Waals surface area (Å²) in [5.41, 5.74) is 2.19. The van der Waals surface area contributed by atoms with Gasteiger partial charge in [0.15, 0.2) is 0 Å². The Hall–Kier alpha value is -2.04. The van der Waals surface area contributed by atoms with E-state index < -0.39 is 5.97 Å². The van der Waals surface area contributed by atoms with Crippen LogP contribution in [0.3, 0.4) is 0 Å². The number of benzene rings is 1. The SMILES string of the molecule is CCCN(CC(=O)O)C(=O)CCOc1cccc(C)c1C. The number of aryl methyl sites for hydroxylation is 1. The van der Waals surface area contributed by atoms with E-state index in [-0.39, 0.29) is 25.5 Å². The average Bonchev–Trinajstić information content (AvgIpc) is 2.42. The van der Waals surface area contributed by atoms with Crippen LogP contribution in [-0.4, -0.2) is 41.6 Å². The number of rotatable bonds is 8. The summed E-state index contributed by atoms with van der Waals surface area (Å²) in [4.78, 5) is 24.1. The van der Waals surface area contributed by atoms with Crippen LogP contribution in [0.15, 0.2) is 18.2 Å². The fourth-order valence-corrected chi connectivity index (χ4v) is 2.01. The zero-order chi connectivity index (χ0) is 15.8. The molecule has 0 unspecified atom stereocenters. The highest BCUT2D eigenvalue weighted by Gasteiger charge is 2.15. The monoisotopic (exact) mass is 293 g/mol. The molecule has 116 valence electrons. The van der Waals surface area contributed by atoms with E-state index in [0.717, 1.165) is 23.3 Å². The quantitative estimate of drug-likeness (QED) is 0.799. The van der Waals surface area contributed by atoms with E-state index >= 15 is 0 Å². The highest BCUT2D eigenvalue weighted by atomic mass is 16.5. The third-order valence-corrected chi connectivity index (χ3v) is 3.30. The van der Waals surface area contributed by atoms with Crippen LogP contribution in [0.1, 0.15) is 30.9 Å². The van der Waals surface area contributed by atoms with Crippen LogP contribution in [0.4, 0.5) is 0 Å². The molecule has 0 aliphatic carbocycles. The molecule has 1 N–H and O–H groups in total. The molecule has 5 nitrogen and oxygen atoms in total. The first-order valence-corrected chi connectivity index (χ1v) is 7.14. The topological polar surface area (TPSA) is 66.8 Å². The van der Waals surface area contributed by atoms with Crippen LogP contribution in [0, 0.1) is 13.8 Å². The number of hydrogen-bond acceptors (Lipinski definition) is 3. The number of carboxylic acids is 1. The van der Waals surface area contributed by atoms with Crippen molar-refractivity contribution in [3.05, 3.63) is 29.3 Å². The van der Waals surface area contributed by atoms with Crippen LogP contribution >= 0.6 is 0 Å². The number of carbonyl (C=O) groups is 2. The predicted octanol–water partition coefficient (Wildman–Crippen LogP) is 2.40. The molecular formula is C16H23NO4. The molecule has 5 heteroatoms. The molecule has 0 radical (unpaired) electrons. The minimum atomic E-state index is -0.993. The van der Waals surface area contributed by atoms with Crippen LogP contribution in [-0.2, 0) is 9.59 Å². The molecule has 0 aromatic heterocycles. The Labute approximate surface area is 125 Å². The lowest BCUT2D eigenvalue weighted by Crippen LogP contribution is -2.36. The maximum Gasteiger partial charge on any atom is 0.323 e. The number of nitrogens with zero attached hydrogens (tertiary/aromatic N) is 1. The van der Waals surface area contributed by atoms with Gasteiger partial charge in [-0.05, 0) is 37.5 Å². The Morgan fingerprint density at radius 2 is 2.00 bits per heavy atom. The minimum absolute atomic E-state index is 0.181. The molecule has 0 atom stereocenters. The van der Waals surface area contributed by atoms with Crippen molar-refractivity contribution in [2.24, 2.45) is 0 Å². The highest BCUT2D eigenvalue weighted by Crippen LogP contribution is 2.20. The zero-order valence-corrected chi connectivity index (χ0v) is 12.9. The van der Waals surface area contributed by atoms with Crippen molar-refractivity contribution < 1.29 is 19.4 Å². The number of amides is 1. The first-order chi connectivity index (χ1) is 9.95. The molecule has 1 aromatic carbocycles. The van der Waals surface area contributed by atoms with E-state index in [9.17, 15) is 9.59 Å². The number of hydrogen-bond donors (Lipinski definition) is 1. The number of ether oxygens (including phenoxy) is 1. The van der Waals surface area contributed by atoms with E-state index in [1.165, 1.54) is 4.90 Å². The molecule has 1 amide bonds. The largest absolute Gasteiger partial charge is 0.493 e. The van der Waals surface area contributed by atoms with Gasteiger partial charge < -0.3 is 14.7 Å². The second kappa shape index (κ2) is 8.29. The summed E-state index contributed by atoms with van der Waals surface area (Å²) in [6.07, 6.45) is 0.914. The Morgan fingerprint density at radius 3 is 2.62 bits per heavy atom. The molecule has 0 aliphatic heterocycles. The van der Waals surface area contributed by atoms with Gasteiger partial charge in [0.1, 0.15) is 12.3 Å². The van der Waals surface area contributed by atoms with Gasteiger partial charge in [0.2, 0.25) is 5.91 Å². The summed E-state index contributed by atoms with van der Waals surface area (Å²) in [7, 11) is 0. The lowest BCUT2D eigenvalue weighted by atomic mass is 10.1. The minimum Gasteiger partial charge on any atom is -0.493 e. The second-order valence-electron chi connectivity index (χ2n) is 5.01. The van der Waals surface area contributed by atoms with Gasteiger partial charge in [0.25, 0.3) is 0 Å². The second-order valence-corrected chi connectivity index (χ2v) is 5.01. The van der Waals surface area contributed by atoms with Crippen molar-refractivity contribution in [3.63, 3.8) is 0 Å². The molecule has 1 aromatic rings. The van der Waals surface area contributed by atoms with Gasteiger partial charge in [-0.3, -0.25) is 9.59 Å². The molecule has 0 saturated heterocycles. The molecule has 0 heterocycles. The van der Waals surface area contributed by atoms with Crippen molar-refractivity contribution in [2.45, 2.75) is 33.6 Å². The lowest BCUT2D eigenvalue weighted by molar-refractivity contribution is -0.144. The standard InChI is InChI=1S/C16H23NO4/c1-4-9-17(11-16(19)20)15(18)8-10-21-14-7-5-6-12(2)13(14)3/h5-7H,4,8-11H2,1-3H3,(H,19,20). The van der Waals surface area contributed by atoms with Gasteiger partial charge in [0.05, 0.1) is 13.0 Å². The van der Waals surface area contributed by atoms with Gasteiger partial charge in [-0.25, -0.2) is 0 Å². The van der Waals surface area contributed by atoms with E-state index in [4.69, 9.17) is 9.84 Å². The number of carbonyl (C=O) groups excluding carboxylic acids is 1. The Kier molecular flexibility index (Phi) is 6.72. The fourth-order valence-electron chi connectivity index (χ4n) is 2.01. The number of carboxylic acid groups (broad SMARTS) is 1. The summed E-state index contributed by atoms with van der Waals surface area (Å²) in [6.45, 7) is 6.34. The predicted molar refractivity (Wildman–Crippen MR) is 80.5 cm³/mol. The zero-order valence-electron chi connectivity index (χ0n) is 12.9. The van der Waals surface area contributed by atoms with Crippen LogP contribution in [0.5, 0.6) is 5.75 Å². The van der Waals surface area contributed by atoms with Crippen molar-refractivity contribution in [1.82, 2.24) is 4.90 Å². The molecule has 0 fully saturated rings. The Balaban J connectivity index is 2.51. The lowest BCUT2D eigenvalue weighted by Gasteiger charge is -2.20. The van der Waals surface area contributed by atoms with Gasteiger partial charge in [0, 0.05) is 6.54 Å². The van der Waals surface area contributed by atoms with Crippen molar-refractivity contribution in [3.8, 4) is 5.75 Å². The Morgan fingerprint density at radius 1 is 1.29 bits per heavy atom. The average molecular weight is 293 g/mol. The Bertz CT molecular complexity index is 499. The van der Waals surface area contributed by atoms with Crippen molar-refractivity contribution >= 4 is 11.9 Å².